The Morgan fingerprint density at radius 3 is 2.27 bits per heavy atom. The molecule has 0 saturated carbocycles. The van der Waals surface area contributed by atoms with Crippen molar-refractivity contribution in [3.63, 3.8) is 0 Å². The summed E-state index contributed by atoms with van der Waals surface area (Å²) in [5.41, 5.74) is 5.66. The highest BCUT2D eigenvalue weighted by atomic mass is 35.5. The predicted octanol–water partition coefficient (Wildman–Crippen LogP) is 1.21. The number of nitrogens with zero attached hydrogens (tertiary/aromatic N) is 1. The lowest BCUT2D eigenvalue weighted by Gasteiger charge is -1.91. The number of rotatable bonds is 1. The Kier molecular flexibility index (Phi) is 6.94. The standard InChI is InChI=1S/C6H7N3.2ClH/c7-6(8)5-3-1-2-4-9-5;;/h1-4H,(H3,7,8);2*1H. The maximum Gasteiger partial charge on any atom is 0.141 e. The Balaban J connectivity index is 0. The van der Waals surface area contributed by atoms with E-state index < -0.39 is 0 Å². The number of halogens is 2. The van der Waals surface area contributed by atoms with Gasteiger partial charge in [-0.05, 0) is 12.1 Å². The molecule has 62 valence electrons. The smallest absolute Gasteiger partial charge is 0.141 e. The van der Waals surface area contributed by atoms with Crippen LogP contribution < -0.4 is 5.73 Å². The van der Waals surface area contributed by atoms with Gasteiger partial charge < -0.3 is 5.73 Å². The van der Waals surface area contributed by atoms with Gasteiger partial charge in [-0.2, -0.15) is 0 Å². The van der Waals surface area contributed by atoms with Crippen LogP contribution in [-0.4, -0.2) is 10.8 Å². The van der Waals surface area contributed by atoms with Gasteiger partial charge in [0.15, 0.2) is 0 Å². The molecule has 0 amide bonds. The summed E-state index contributed by atoms with van der Waals surface area (Å²) in [5.74, 6) is 0.00981. The van der Waals surface area contributed by atoms with Crippen molar-refractivity contribution in [2.45, 2.75) is 0 Å². The summed E-state index contributed by atoms with van der Waals surface area (Å²) in [6, 6.07) is 5.28. The van der Waals surface area contributed by atoms with Gasteiger partial charge in [0.1, 0.15) is 11.5 Å². The number of nitrogens with one attached hydrogen (secondary N) is 1. The largest absolute Gasteiger partial charge is 0.382 e. The molecule has 0 unspecified atom stereocenters. The van der Waals surface area contributed by atoms with E-state index in [0.717, 1.165) is 0 Å². The fourth-order valence-electron chi connectivity index (χ4n) is 0.522. The van der Waals surface area contributed by atoms with E-state index in [1.807, 2.05) is 0 Å². The molecule has 11 heavy (non-hydrogen) atoms. The van der Waals surface area contributed by atoms with E-state index >= 15 is 0 Å². The molecule has 0 aliphatic carbocycles. The molecule has 0 aliphatic heterocycles. The summed E-state index contributed by atoms with van der Waals surface area (Å²) in [7, 11) is 0. The second-order valence-electron chi connectivity index (χ2n) is 1.63. The second-order valence-corrected chi connectivity index (χ2v) is 1.63. The average molecular weight is 194 g/mol. The third-order valence-electron chi connectivity index (χ3n) is 0.941. The molecule has 0 fully saturated rings. The summed E-state index contributed by atoms with van der Waals surface area (Å²) in [6.07, 6.45) is 1.61. The van der Waals surface area contributed by atoms with Gasteiger partial charge in [-0.25, -0.2) is 0 Å². The second kappa shape index (κ2) is 5.95. The minimum Gasteiger partial charge on any atom is -0.382 e. The molecule has 0 aromatic carbocycles. The first kappa shape index (κ1) is 12.8. The van der Waals surface area contributed by atoms with Crippen molar-refractivity contribution >= 4 is 30.6 Å². The molecule has 3 nitrogen and oxygen atoms in total. The summed E-state index contributed by atoms with van der Waals surface area (Å²) in [5, 5.41) is 6.95. The van der Waals surface area contributed by atoms with Crippen molar-refractivity contribution in [1.82, 2.24) is 4.98 Å². The van der Waals surface area contributed by atoms with Gasteiger partial charge in [0.25, 0.3) is 0 Å². The van der Waals surface area contributed by atoms with Crippen LogP contribution in [0.5, 0.6) is 0 Å². The highest BCUT2D eigenvalue weighted by Gasteiger charge is 1.91. The van der Waals surface area contributed by atoms with E-state index in [2.05, 4.69) is 4.98 Å². The van der Waals surface area contributed by atoms with Crippen LogP contribution in [0.25, 0.3) is 0 Å². The summed E-state index contributed by atoms with van der Waals surface area (Å²) < 4.78 is 0. The van der Waals surface area contributed by atoms with Crippen molar-refractivity contribution in [2.24, 2.45) is 5.73 Å². The monoisotopic (exact) mass is 193 g/mol. The van der Waals surface area contributed by atoms with Crippen LogP contribution in [0.3, 0.4) is 0 Å². The molecule has 1 aromatic heterocycles. The molecule has 1 rings (SSSR count). The zero-order valence-corrected chi connectivity index (χ0v) is 7.28. The molecule has 0 spiro atoms. The lowest BCUT2D eigenvalue weighted by atomic mass is 10.3. The van der Waals surface area contributed by atoms with E-state index in [-0.39, 0.29) is 30.6 Å². The summed E-state index contributed by atoms with van der Waals surface area (Å²) in [4.78, 5) is 3.83. The van der Waals surface area contributed by atoms with Gasteiger partial charge in [-0.3, -0.25) is 10.4 Å². The minimum absolute atomic E-state index is 0. The van der Waals surface area contributed by atoms with Gasteiger partial charge in [0, 0.05) is 6.20 Å². The molecule has 1 heterocycles. The molecule has 1 aromatic rings. The zero-order chi connectivity index (χ0) is 6.69. The fourth-order valence-corrected chi connectivity index (χ4v) is 0.522. The number of hydrogen-bond acceptors (Lipinski definition) is 2. The Hall–Kier alpha value is -0.800. The van der Waals surface area contributed by atoms with Crippen molar-refractivity contribution in [1.29, 1.82) is 5.41 Å². The number of hydrogen-bond donors (Lipinski definition) is 2. The topological polar surface area (TPSA) is 62.8 Å². The van der Waals surface area contributed by atoms with E-state index in [1.165, 1.54) is 0 Å². The van der Waals surface area contributed by atoms with E-state index in [9.17, 15) is 0 Å². The zero-order valence-electron chi connectivity index (χ0n) is 5.65. The summed E-state index contributed by atoms with van der Waals surface area (Å²) in [6.45, 7) is 0. The van der Waals surface area contributed by atoms with Crippen LogP contribution in [0.4, 0.5) is 0 Å². The van der Waals surface area contributed by atoms with Gasteiger partial charge in [-0.15, -0.1) is 24.8 Å². The Morgan fingerprint density at radius 2 is 2.00 bits per heavy atom. The molecular weight excluding hydrogens is 185 g/mol. The molecular formula is C6H9Cl2N3. The van der Waals surface area contributed by atoms with E-state index in [1.54, 1.807) is 24.4 Å². The Bertz CT molecular complexity index is 212. The number of nitrogen functional groups attached to an aromatic ring is 1. The highest BCUT2D eigenvalue weighted by molar-refractivity contribution is 5.92. The number of nitrogens with two attached hydrogens (primary N) is 1. The van der Waals surface area contributed by atoms with Crippen LogP contribution in [0, 0.1) is 5.41 Å². The molecule has 0 radical (unpaired) electrons. The van der Waals surface area contributed by atoms with Crippen LogP contribution in [0.2, 0.25) is 0 Å². The third-order valence-corrected chi connectivity index (χ3v) is 0.941. The minimum atomic E-state index is 0. The third kappa shape index (κ3) is 3.80. The maximum absolute atomic E-state index is 6.95. The quantitative estimate of drug-likeness (QED) is 0.521. The molecule has 0 aliphatic rings. The SMILES string of the molecule is Cl.Cl.N=C(N)c1ccccn1. The normalized spacial score (nSPS) is 7.27. The van der Waals surface area contributed by atoms with Gasteiger partial charge in [-0.1, -0.05) is 6.07 Å². The van der Waals surface area contributed by atoms with Gasteiger partial charge in [0.05, 0.1) is 0 Å². The van der Waals surface area contributed by atoms with Gasteiger partial charge >= 0.3 is 0 Å². The number of pyridine rings is 1. The number of aromatic nitrogens is 1. The van der Waals surface area contributed by atoms with Crippen molar-refractivity contribution in [3.05, 3.63) is 30.1 Å². The number of amidine groups is 1. The Labute approximate surface area is 77.3 Å². The molecule has 0 atom stereocenters. The van der Waals surface area contributed by atoms with E-state index in [4.69, 9.17) is 11.1 Å². The maximum atomic E-state index is 6.95. The van der Waals surface area contributed by atoms with Crippen molar-refractivity contribution in [3.8, 4) is 0 Å². The van der Waals surface area contributed by atoms with Crippen molar-refractivity contribution in [2.75, 3.05) is 0 Å². The van der Waals surface area contributed by atoms with Crippen LogP contribution in [0.1, 0.15) is 5.69 Å². The van der Waals surface area contributed by atoms with Gasteiger partial charge in [0.2, 0.25) is 0 Å². The lowest BCUT2D eigenvalue weighted by Crippen LogP contribution is -2.12. The van der Waals surface area contributed by atoms with Crippen molar-refractivity contribution < 1.29 is 0 Å². The molecule has 0 bridgehead atoms. The Morgan fingerprint density at radius 1 is 1.36 bits per heavy atom. The van der Waals surface area contributed by atoms with Crippen LogP contribution in [0.15, 0.2) is 24.4 Å². The fraction of sp³-hybridized carbons (Fsp3) is 0. The lowest BCUT2D eigenvalue weighted by molar-refractivity contribution is 1.26. The van der Waals surface area contributed by atoms with Crippen LogP contribution >= 0.6 is 24.8 Å². The summed E-state index contributed by atoms with van der Waals surface area (Å²) >= 11 is 0. The first-order chi connectivity index (χ1) is 4.30. The van der Waals surface area contributed by atoms with E-state index in [0.29, 0.717) is 5.69 Å². The first-order valence-electron chi connectivity index (χ1n) is 2.56. The average Bonchev–Trinajstić information content (AvgIpc) is 1.90. The highest BCUT2D eigenvalue weighted by Crippen LogP contribution is 1.88. The molecule has 0 saturated heterocycles. The molecule has 3 N–H and O–H groups in total. The first-order valence-corrected chi connectivity index (χ1v) is 2.56. The van der Waals surface area contributed by atoms with Crippen LogP contribution in [-0.2, 0) is 0 Å². The molecule has 5 heteroatoms. The predicted molar refractivity (Wildman–Crippen MR) is 49.7 cm³/mol.